The Morgan fingerprint density at radius 2 is 2.19 bits per heavy atom. The second-order valence-electron chi connectivity index (χ2n) is 4.50. The summed E-state index contributed by atoms with van der Waals surface area (Å²) in [6, 6.07) is 6.62. The number of aryl methyl sites for hydroxylation is 1. The van der Waals surface area contributed by atoms with Crippen LogP contribution in [-0.2, 0) is 6.54 Å². The molecule has 0 fully saturated rings. The maximum absolute atomic E-state index is 11.1. The van der Waals surface area contributed by atoms with Gasteiger partial charge in [-0.1, -0.05) is 0 Å². The van der Waals surface area contributed by atoms with Crippen LogP contribution in [-0.4, -0.2) is 14.9 Å². The van der Waals surface area contributed by atoms with E-state index in [0.29, 0.717) is 17.4 Å². The number of pyridine rings is 1. The standard InChI is InChI=1S/C14H12N4O2S/c1-9-13(21-8-17-9)7-16-11-4-5-12(18(19)20)10-3-2-6-15-14(10)11/h2-6,8,16H,7H2,1H3. The number of nitro groups is 1. The molecule has 0 radical (unpaired) electrons. The quantitative estimate of drug-likeness (QED) is 0.589. The number of nitro benzene ring substituents is 1. The van der Waals surface area contributed by atoms with Crippen LogP contribution in [0.25, 0.3) is 10.9 Å². The minimum Gasteiger partial charge on any atom is -0.378 e. The first kappa shape index (κ1) is 13.4. The highest BCUT2D eigenvalue weighted by Gasteiger charge is 2.15. The Morgan fingerprint density at radius 3 is 2.90 bits per heavy atom. The van der Waals surface area contributed by atoms with Crippen molar-refractivity contribution in [1.29, 1.82) is 0 Å². The van der Waals surface area contributed by atoms with Crippen molar-refractivity contribution in [1.82, 2.24) is 9.97 Å². The van der Waals surface area contributed by atoms with Gasteiger partial charge in [0.2, 0.25) is 0 Å². The van der Waals surface area contributed by atoms with Gasteiger partial charge in [-0.2, -0.15) is 0 Å². The van der Waals surface area contributed by atoms with Crippen LogP contribution in [0, 0.1) is 17.0 Å². The Bertz CT molecular complexity index is 816. The molecule has 0 bridgehead atoms. The minimum absolute atomic E-state index is 0.0672. The summed E-state index contributed by atoms with van der Waals surface area (Å²) >= 11 is 1.58. The minimum atomic E-state index is -0.388. The molecule has 21 heavy (non-hydrogen) atoms. The predicted octanol–water partition coefficient (Wildman–Crippen LogP) is 3.52. The van der Waals surface area contributed by atoms with Crippen LogP contribution < -0.4 is 5.32 Å². The van der Waals surface area contributed by atoms with Crippen molar-refractivity contribution in [3.8, 4) is 0 Å². The topological polar surface area (TPSA) is 81.0 Å². The van der Waals surface area contributed by atoms with Crippen molar-refractivity contribution >= 4 is 33.6 Å². The molecule has 6 nitrogen and oxygen atoms in total. The monoisotopic (exact) mass is 300 g/mol. The van der Waals surface area contributed by atoms with Gasteiger partial charge in [0.15, 0.2) is 0 Å². The normalized spacial score (nSPS) is 10.7. The highest BCUT2D eigenvalue weighted by Crippen LogP contribution is 2.30. The van der Waals surface area contributed by atoms with Crippen LogP contribution in [0.3, 0.4) is 0 Å². The number of aromatic nitrogens is 2. The number of nitrogens with one attached hydrogen (secondary N) is 1. The zero-order valence-electron chi connectivity index (χ0n) is 11.2. The van der Waals surface area contributed by atoms with E-state index < -0.39 is 0 Å². The Balaban J connectivity index is 1.98. The van der Waals surface area contributed by atoms with Gasteiger partial charge >= 0.3 is 0 Å². The third kappa shape index (κ3) is 2.55. The molecule has 3 aromatic rings. The number of non-ortho nitro benzene ring substituents is 1. The van der Waals surface area contributed by atoms with Gasteiger partial charge in [0, 0.05) is 17.1 Å². The van der Waals surface area contributed by atoms with E-state index in [4.69, 9.17) is 0 Å². The summed E-state index contributed by atoms with van der Waals surface area (Å²) in [5.74, 6) is 0. The number of thiazole rings is 1. The highest BCUT2D eigenvalue weighted by molar-refractivity contribution is 7.09. The molecule has 0 atom stereocenters. The summed E-state index contributed by atoms with van der Waals surface area (Å²) in [5, 5.41) is 14.9. The third-order valence-corrected chi connectivity index (χ3v) is 4.16. The molecular weight excluding hydrogens is 288 g/mol. The van der Waals surface area contributed by atoms with Crippen LogP contribution in [0.5, 0.6) is 0 Å². The highest BCUT2D eigenvalue weighted by atomic mass is 32.1. The maximum Gasteiger partial charge on any atom is 0.278 e. The van der Waals surface area contributed by atoms with Crippen LogP contribution in [0.2, 0.25) is 0 Å². The summed E-state index contributed by atoms with van der Waals surface area (Å²) in [5.41, 5.74) is 4.25. The van der Waals surface area contributed by atoms with E-state index in [1.807, 2.05) is 6.92 Å². The lowest BCUT2D eigenvalue weighted by Crippen LogP contribution is -2.01. The van der Waals surface area contributed by atoms with E-state index in [-0.39, 0.29) is 10.6 Å². The molecule has 0 unspecified atom stereocenters. The Labute approximate surface area is 124 Å². The van der Waals surface area contributed by atoms with Crippen molar-refractivity contribution in [3.05, 3.63) is 56.7 Å². The fraction of sp³-hybridized carbons (Fsp3) is 0.143. The summed E-state index contributed by atoms with van der Waals surface area (Å²) < 4.78 is 0. The molecule has 2 aromatic heterocycles. The second kappa shape index (κ2) is 5.45. The van der Waals surface area contributed by atoms with Crippen molar-refractivity contribution in [2.75, 3.05) is 5.32 Å². The predicted molar refractivity (Wildman–Crippen MR) is 82.6 cm³/mol. The van der Waals surface area contributed by atoms with Crippen LogP contribution in [0.4, 0.5) is 11.4 Å². The average Bonchev–Trinajstić information content (AvgIpc) is 2.89. The second-order valence-corrected chi connectivity index (χ2v) is 5.44. The van der Waals surface area contributed by atoms with E-state index in [9.17, 15) is 10.1 Å². The first-order valence-electron chi connectivity index (χ1n) is 6.32. The number of anilines is 1. The lowest BCUT2D eigenvalue weighted by molar-refractivity contribution is -0.383. The van der Waals surface area contributed by atoms with E-state index in [0.717, 1.165) is 16.3 Å². The summed E-state index contributed by atoms with van der Waals surface area (Å²) in [7, 11) is 0. The summed E-state index contributed by atoms with van der Waals surface area (Å²) in [6.07, 6.45) is 1.63. The number of rotatable bonds is 4. The molecule has 0 saturated carbocycles. The molecule has 3 rings (SSSR count). The molecule has 0 amide bonds. The van der Waals surface area contributed by atoms with Gasteiger partial charge in [0.25, 0.3) is 5.69 Å². The van der Waals surface area contributed by atoms with Crippen LogP contribution in [0.1, 0.15) is 10.6 Å². The van der Waals surface area contributed by atoms with E-state index in [1.54, 1.807) is 41.2 Å². The fourth-order valence-electron chi connectivity index (χ4n) is 2.13. The number of hydrogen-bond acceptors (Lipinski definition) is 6. The molecule has 0 aliphatic rings. The van der Waals surface area contributed by atoms with Gasteiger partial charge in [0.1, 0.15) is 5.52 Å². The first-order valence-corrected chi connectivity index (χ1v) is 7.19. The number of hydrogen-bond donors (Lipinski definition) is 1. The van der Waals surface area contributed by atoms with Crippen molar-refractivity contribution in [2.24, 2.45) is 0 Å². The van der Waals surface area contributed by atoms with E-state index in [1.165, 1.54) is 6.07 Å². The van der Waals surface area contributed by atoms with Crippen LogP contribution >= 0.6 is 11.3 Å². The van der Waals surface area contributed by atoms with Crippen molar-refractivity contribution in [2.45, 2.75) is 13.5 Å². The number of fused-ring (bicyclic) bond motifs is 1. The SMILES string of the molecule is Cc1ncsc1CNc1ccc([N+](=O)[O-])c2cccnc12. The summed E-state index contributed by atoms with van der Waals surface area (Å²) in [6.45, 7) is 2.58. The molecule has 0 spiro atoms. The Hall–Kier alpha value is -2.54. The first-order chi connectivity index (χ1) is 10.2. The van der Waals surface area contributed by atoms with E-state index >= 15 is 0 Å². The molecule has 2 heterocycles. The zero-order chi connectivity index (χ0) is 14.8. The lowest BCUT2D eigenvalue weighted by Gasteiger charge is -2.08. The van der Waals surface area contributed by atoms with Gasteiger partial charge in [-0.3, -0.25) is 15.1 Å². The largest absolute Gasteiger partial charge is 0.378 e. The molecule has 0 aliphatic carbocycles. The van der Waals surface area contributed by atoms with Gasteiger partial charge in [0.05, 0.1) is 33.7 Å². The molecule has 0 aliphatic heterocycles. The van der Waals surface area contributed by atoms with Crippen LogP contribution in [0.15, 0.2) is 36.0 Å². The van der Waals surface area contributed by atoms with Gasteiger partial charge in [-0.25, -0.2) is 4.98 Å². The Kier molecular flexibility index (Phi) is 3.49. The zero-order valence-corrected chi connectivity index (χ0v) is 12.1. The fourth-order valence-corrected chi connectivity index (χ4v) is 2.85. The average molecular weight is 300 g/mol. The van der Waals surface area contributed by atoms with Gasteiger partial charge in [-0.15, -0.1) is 11.3 Å². The third-order valence-electron chi connectivity index (χ3n) is 3.23. The smallest absolute Gasteiger partial charge is 0.278 e. The maximum atomic E-state index is 11.1. The van der Waals surface area contributed by atoms with E-state index in [2.05, 4.69) is 15.3 Å². The molecule has 1 aromatic carbocycles. The van der Waals surface area contributed by atoms with Crippen molar-refractivity contribution < 1.29 is 4.92 Å². The molecule has 106 valence electrons. The van der Waals surface area contributed by atoms with Crippen molar-refractivity contribution in [3.63, 3.8) is 0 Å². The van der Waals surface area contributed by atoms with Gasteiger partial charge in [-0.05, 0) is 25.1 Å². The molecule has 1 N–H and O–H groups in total. The number of nitrogens with zero attached hydrogens (tertiary/aromatic N) is 3. The lowest BCUT2D eigenvalue weighted by atomic mass is 10.1. The Morgan fingerprint density at radius 1 is 1.33 bits per heavy atom. The summed E-state index contributed by atoms with van der Waals surface area (Å²) in [4.78, 5) is 20.3. The van der Waals surface area contributed by atoms with Gasteiger partial charge < -0.3 is 5.32 Å². The molecule has 7 heteroatoms. The molecular formula is C14H12N4O2S. The number of benzene rings is 1. The molecule has 0 saturated heterocycles.